The number of nitrogens with zero attached hydrogens (tertiary/aromatic N) is 1. The maximum Gasteiger partial charge on any atom is 0.282 e. The zero-order chi connectivity index (χ0) is 22.3. The number of benzene rings is 3. The summed E-state index contributed by atoms with van der Waals surface area (Å²) in [5.41, 5.74) is 6.43. The Morgan fingerprint density at radius 1 is 0.774 bits per heavy atom. The molecule has 5 heteroatoms. The lowest BCUT2D eigenvalue weighted by molar-refractivity contribution is -0.120. The fraction of sp³-hybridized carbons (Fsp3) is 0.154. The summed E-state index contributed by atoms with van der Waals surface area (Å²) in [6.07, 6.45) is 0. The number of rotatable bonds is 4. The largest absolute Gasteiger partial charge is 0.350 e. The molecule has 1 N–H and O–H groups in total. The van der Waals surface area contributed by atoms with Crippen LogP contribution in [-0.2, 0) is 9.59 Å². The average molecular weight is 431 g/mol. The SMILES string of the molecule is Cc1ccc(C2=C(Nc3cccc(Cl)c3C)C(=O)N(c3ccccc3C)C2=O)cc1C. The molecule has 0 spiro atoms. The maximum absolute atomic E-state index is 13.6. The highest BCUT2D eigenvalue weighted by atomic mass is 35.5. The van der Waals surface area contributed by atoms with Crippen LogP contribution < -0.4 is 10.2 Å². The summed E-state index contributed by atoms with van der Waals surface area (Å²) in [6, 6.07) is 18.6. The van der Waals surface area contributed by atoms with E-state index in [0.717, 1.165) is 22.3 Å². The first-order valence-electron chi connectivity index (χ1n) is 10.1. The lowest BCUT2D eigenvalue weighted by Gasteiger charge is -2.18. The van der Waals surface area contributed by atoms with E-state index in [-0.39, 0.29) is 17.5 Å². The minimum Gasteiger partial charge on any atom is -0.350 e. The third-order valence-electron chi connectivity index (χ3n) is 5.76. The van der Waals surface area contributed by atoms with Crippen molar-refractivity contribution in [3.05, 3.63) is 99.2 Å². The van der Waals surface area contributed by atoms with Gasteiger partial charge in [-0.15, -0.1) is 0 Å². The van der Waals surface area contributed by atoms with Crippen LogP contribution in [0.25, 0.3) is 5.57 Å². The predicted molar refractivity (Wildman–Crippen MR) is 126 cm³/mol. The standard InChI is InChI=1S/C26H23ClN2O2/c1-15-12-13-19(14-17(15)3)23-24(28-21-10-7-9-20(27)18(21)4)26(31)29(25(23)30)22-11-6-5-8-16(22)2/h5-14,28H,1-4H3. The molecule has 0 radical (unpaired) electrons. The van der Waals surface area contributed by atoms with Gasteiger partial charge in [0.15, 0.2) is 0 Å². The number of nitrogens with one attached hydrogen (secondary N) is 1. The van der Waals surface area contributed by atoms with Crippen molar-refractivity contribution < 1.29 is 9.59 Å². The number of anilines is 2. The number of amides is 2. The summed E-state index contributed by atoms with van der Waals surface area (Å²) < 4.78 is 0. The molecule has 1 aliphatic heterocycles. The molecule has 3 aromatic rings. The van der Waals surface area contributed by atoms with Gasteiger partial charge in [-0.3, -0.25) is 9.59 Å². The van der Waals surface area contributed by atoms with Gasteiger partial charge in [0, 0.05) is 10.7 Å². The van der Waals surface area contributed by atoms with Gasteiger partial charge in [0.1, 0.15) is 5.70 Å². The van der Waals surface area contributed by atoms with Crippen LogP contribution in [0.3, 0.4) is 0 Å². The fourth-order valence-electron chi connectivity index (χ4n) is 3.72. The second-order valence-electron chi connectivity index (χ2n) is 7.82. The topological polar surface area (TPSA) is 49.4 Å². The summed E-state index contributed by atoms with van der Waals surface area (Å²) in [5, 5.41) is 3.80. The van der Waals surface area contributed by atoms with Crippen molar-refractivity contribution in [2.75, 3.05) is 10.2 Å². The smallest absolute Gasteiger partial charge is 0.282 e. The van der Waals surface area contributed by atoms with Gasteiger partial charge in [-0.05, 0) is 73.7 Å². The van der Waals surface area contributed by atoms with E-state index in [1.807, 2.05) is 76.2 Å². The molecule has 0 saturated carbocycles. The molecular weight excluding hydrogens is 408 g/mol. The number of aryl methyl sites for hydroxylation is 3. The Bertz CT molecular complexity index is 1260. The quantitative estimate of drug-likeness (QED) is 0.518. The zero-order valence-electron chi connectivity index (χ0n) is 17.9. The number of hydrogen-bond acceptors (Lipinski definition) is 3. The average Bonchev–Trinajstić information content (AvgIpc) is 2.98. The molecule has 1 heterocycles. The minimum atomic E-state index is -0.382. The van der Waals surface area contributed by atoms with Crippen LogP contribution in [0.4, 0.5) is 11.4 Å². The van der Waals surface area contributed by atoms with Crippen LogP contribution in [0, 0.1) is 27.7 Å². The molecule has 1 aliphatic rings. The van der Waals surface area contributed by atoms with Crippen molar-refractivity contribution in [2.24, 2.45) is 0 Å². The highest BCUT2D eigenvalue weighted by Crippen LogP contribution is 2.36. The van der Waals surface area contributed by atoms with Crippen molar-refractivity contribution in [1.29, 1.82) is 0 Å². The van der Waals surface area contributed by atoms with Crippen LogP contribution in [0.2, 0.25) is 5.02 Å². The first kappa shape index (κ1) is 20.9. The number of carbonyl (C=O) groups excluding carboxylic acids is 2. The van der Waals surface area contributed by atoms with Gasteiger partial charge < -0.3 is 5.32 Å². The van der Waals surface area contributed by atoms with Gasteiger partial charge in [-0.2, -0.15) is 0 Å². The second kappa shape index (κ2) is 8.05. The molecule has 4 nitrogen and oxygen atoms in total. The van der Waals surface area contributed by atoms with E-state index >= 15 is 0 Å². The Balaban J connectivity index is 1.89. The summed E-state index contributed by atoms with van der Waals surface area (Å²) in [4.78, 5) is 28.4. The zero-order valence-corrected chi connectivity index (χ0v) is 18.7. The number of imide groups is 1. The number of hydrogen-bond donors (Lipinski definition) is 1. The molecule has 0 aliphatic carbocycles. The number of halogens is 1. The normalized spacial score (nSPS) is 13.9. The van der Waals surface area contributed by atoms with E-state index in [9.17, 15) is 9.59 Å². The second-order valence-corrected chi connectivity index (χ2v) is 8.23. The van der Waals surface area contributed by atoms with Crippen LogP contribution in [0.1, 0.15) is 27.8 Å². The molecular formula is C26H23ClN2O2. The first-order valence-corrected chi connectivity index (χ1v) is 10.5. The third kappa shape index (κ3) is 3.64. The molecule has 31 heavy (non-hydrogen) atoms. The summed E-state index contributed by atoms with van der Waals surface area (Å²) in [5.74, 6) is -0.725. The highest BCUT2D eigenvalue weighted by molar-refractivity contribution is 6.46. The third-order valence-corrected chi connectivity index (χ3v) is 6.17. The maximum atomic E-state index is 13.6. The summed E-state index contributed by atoms with van der Waals surface area (Å²) >= 11 is 6.28. The van der Waals surface area contributed by atoms with Crippen molar-refractivity contribution in [3.63, 3.8) is 0 Å². The van der Waals surface area contributed by atoms with E-state index in [1.54, 1.807) is 12.1 Å². The Labute approximate surface area is 187 Å². The molecule has 156 valence electrons. The fourth-order valence-corrected chi connectivity index (χ4v) is 3.90. The van der Waals surface area contributed by atoms with E-state index in [4.69, 9.17) is 11.6 Å². The van der Waals surface area contributed by atoms with Gasteiger partial charge in [0.05, 0.1) is 11.3 Å². The van der Waals surface area contributed by atoms with Gasteiger partial charge in [-0.1, -0.05) is 54.1 Å². The molecule has 0 bridgehead atoms. The molecule has 0 saturated heterocycles. The van der Waals surface area contributed by atoms with E-state index in [2.05, 4.69) is 5.32 Å². The van der Waals surface area contributed by atoms with Crippen molar-refractivity contribution in [1.82, 2.24) is 0 Å². The number of carbonyl (C=O) groups is 2. The van der Waals surface area contributed by atoms with Gasteiger partial charge >= 0.3 is 0 Å². The van der Waals surface area contributed by atoms with Crippen LogP contribution in [0.15, 0.2) is 66.4 Å². The first-order chi connectivity index (χ1) is 14.8. The van der Waals surface area contributed by atoms with Crippen molar-refractivity contribution >= 4 is 40.4 Å². The van der Waals surface area contributed by atoms with Gasteiger partial charge in [0.2, 0.25) is 0 Å². The molecule has 0 aromatic heterocycles. The minimum absolute atomic E-state index is 0.252. The monoisotopic (exact) mass is 430 g/mol. The Kier molecular flexibility index (Phi) is 5.42. The van der Waals surface area contributed by atoms with Crippen LogP contribution in [0.5, 0.6) is 0 Å². The Morgan fingerprint density at radius 2 is 1.52 bits per heavy atom. The van der Waals surface area contributed by atoms with Gasteiger partial charge in [-0.25, -0.2) is 4.90 Å². The van der Waals surface area contributed by atoms with E-state index < -0.39 is 0 Å². The van der Waals surface area contributed by atoms with Gasteiger partial charge in [0.25, 0.3) is 11.8 Å². The van der Waals surface area contributed by atoms with Crippen LogP contribution in [-0.4, -0.2) is 11.8 Å². The lowest BCUT2D eigenvalue weighted by Crippen LogP contribution is -2.33. The summed E-state index contributed by atoms with van der Waals surface area (Å²) in [7, 11) is 0. The Hall–Kier alpha value is -3.37. The molecule has 2 amide bonds. The highest BCUT2D eigenvalue weighted by Gasteiger charge is 2.41. The van der Waals surface area contributed by atoms with Crippen molar-refractivity contribution in [3.8, 4) is 0 Å². The molecule has 4 rings (SSSR count). The van der Waals surface area contributed by atoms with Crippen molar-refractivity contribution in [2.45, 2.75) is 27.7 Å². The Morgan fingerprint density at radius 3 is 2.23 bits per heavy atom. The number of para-hydroxylation sites is 1. The lowest BCUT2D eigenvalue weighted by atomic mass is 9.99. The molecule has 0 fully saturated rings. The van der Waals surface area contributed by atoms with E-state index in [0.29, 0.717) is 27.5 Å². The molecule has 3 aromatic carbocycles. The molecule has 0 atom stereocenters. The van der Waals surface area contributed by atoms with E-state index in [1.165, 1.54) is 4.90 Å². The van der Waals surface area contributed by atoms with Crippen LogP contribution >= 0.6 is 11.6 Å². The molecule has 0 unspecified atom stereocenters. The summed E-state index contributed by atoms with van der Waals surface area (Å²) in [6.45, 7) is 7.77. The predicted octanol–water partition coefficient (Wildman–Crippen LogP) is 5.97.